The van der Waals surface area contributed by atoms with Crippen molar-refractivity contribution in [2.45, 2.75) is 56.4 Å². The Morgan fingerprint density at radius 3 is 2.60 bits per heavy atom. The lowest BCUT2D eigenvalue weighted by Crippen LogP contribution is -2.35. The molecule has 6 heteroatoms. The van der Waals surface area contributed by atoms with Gasteiger partial charge in [0.1, 0.15) is 5.82 Å². The van der Waals surface area contributed by atoms with Crippen molar-refractivity contribution in [1.82, 2.24) is 20.3 Å². The summed E-state index contributed by atoms with van der Waals surface area (Å²) in [5, 5.41) is 4.31. The first-order valence-electron chi connectivity index (χ1n) is 9.00. The van der Waals surface area contributed by atoms with Crippen molar-refractivity contribution in [3.8, 4) is 0 Å². The summed E-state index contributed by atoms with van der Waals surface area (Å²) in [6.07, 6.45) is 14.3. The molecule has 0 atom stereocenters. The van der Waals surface area contributed by atoms with E-state index in [2.05, 4.69) is 38.3 Å². The number of nitrogens with one attached hydrogen (secondary N) is 1. The third kappa shape index (κ3) is 4.92. The van der Waals surface area contributed by atoms with Crippen molar-refractivity contribution in [2.24, 2.45) is 0 Å². The summed E-state index contributed by atoms with van der Waals surface area (Å²) >= 11 is 1.56. The number of anilines is 1. The summed E-state index contributed by atoms with van der Waals surface area (Å²) < 4.78 is 0. The van der Waals surface area contributed by atoms with E-state index in [1.54, 1.807) is 11.8 Å². The molecule has 2 heterocycles. The van der Waals surface area contributed by atoms with Crippen LogP contribution in [-0.2, 0) is 13.1 Å². The predicted octanol–water partition coefficient (Wildman–Crippen LogP) is 3.65. The summed E-state index contributed by atoms with van der Waals surface area (Å²) in [5.74, 6) is 1.11. The first-order chi connectivity index (χ1) is 12.3. The van der Waals surface area contributed by atoms with Gasteiger partial charge in [-0.1, -0.05) is 37.1 Å². The van der Waals surface area contributed by atoms with Crippen LogP contribution in [0.3, 0.4) is 0 Å². The van der Waals surface area contributed by atoms with Crippen molar-refractivity contribution < 1.29 is 0 Å². The van der Waals surface area contributed by atoms with E-state index in [0.717, 1.165) is 29.6 Å². The second-order valence-electron chi connectivity index (χ2n) is 6.57. The molecule has 134 valence electrons. The Morgan fingerprint density at radius 2 is 1.88 bits per heavy atom. The smallest absolute Gasteiger partial charge is 0.187 e. The SMILES string of the molecule is CSc1ncc(CNCc2cccnc2N(C)C2CCCCC2)cn1. The maximum atomic E-state index is 4.66. The van der Waals surface area contributed by atoms with Gasteiger partial charge in [-0.05, 0) is 25.2 Å². The topological polar surface area (TPSA) is 53.9 Å². The fourth-order valence-electron chi connectivity index (χ4n) is 3.41. The van der Waals surface area contributed by atoms with E-state index in [1.165, 1.54) is 37.7 Å². The Bertz CT molecular complexity index is 655. The lowest BCUT2D eigenvalue weighted by molar-refractivity contribution is 0.425. The average molecular weight is 358 g/mol. The highest BCUT2D eigenvalue weighted by Crippen LogP contribution is 2.26. The number of thioether (sulfide) groups is 1. The minimum Gasteiger partial charge on any atom is -0.356 e. The molecule has 0 aliphatic heterocycles. The Hall–Kier alpha value is -1.66. The molecule has 1 fully saturated rings. The molecule has 1 saturated carbocycles. The Morgan fingerprint density at radius 1 is 1.12 bits per heavy atom. The van der Waals surface area contributed by atoms with Gasteiger partial charge in [-0.25, -0.2) is 15.0 Å². The molecule has 0 aromatic carbocycles. The van der Waals surface area contributed by atoms with Gasteiger partial charge < -0.3 is 10.2 Å². The second-order valence-corrected chi connectivity index (χ2v) is 7.34. The average Bonchev–Trinajstić information content (AvgIpc) is 2.69. The molecule has 0 unspecified atom stereocenters. The van der Waals surface area contributed by atoms with Crippen LogP contribution in [0.1, 0.15) is 43.2 Å². The van der Waals surface area contributed by atoms with Gasteiger partial charge in [0.05, 0.1) is 0 Å². The highest BCUT2D eigenvalue weighted by Gasteiger charge is 2.20. The van der Waals surface area contributed by atoms with Crippen LogP contribution in [0.2, 0.25) is 0 Å². The zero-order valence-electron chi connectivity index (χ0n) is 15.1. The molecule has 2 aromatic rings. The lowest BCUT2D eigenvalue weighted by Gasteiger charge is -2.33. The predicted molar refractivity (Wildman–Crippen MR) is 104 cm³/mol. The van der Waals surface area contributed by atoms with Gasteiger partial charge in [0.15, 0.2) is 5.16 Å². The summed E-state index contributed by atoms with van der Waals surface area (Å²) in [4.78, 5) is 15.7. The van der Waals surface area contributed by atoms with Crippen LogP contribution in [-0.4, -0.2) is 34.3 Å². The van der Waals surface area contributed by atoms with Crippen LogP contribution >= 0.6 is 11.8 Å². The van der Waals surface area contributed by atoms with Crippen LogP contribution in [0.25, 0.3) is 0 Å². The summed E-state index contributed by atoms with van der Waals surface area (Å²) in [6, 6.07) is 4.81. The Labute approximate surface area is 154 Å². The molecule has 25 heavy (non-hydrogen) atoms. The minimum atomic E-state index is 0.620. The lowest BCUT2D eigenvalue weighted by atomic mass is 9.94. The minimum absolute atomic E-state index is 0.620. The van der Waals surface area contributed by atoms with E-state index in [1.807, 2.05) is 30.9 Å². The molecular formula is C19H27N5S. The molecule has 0 spiro atoms. The van der Waals surface area contributed by atoms with Crippen molar-refractivity contribution in [2.75, 3.05) is 18.2 Å². The first kappa shape index (κ1) is 18.1. The van der Waals surface area contributed by atoms with Crippen LogP contribution in [0, 0.1) is 0 Å². The third-order valence-corrected chi connectivity index (χ3v) is 5.41. The van der Waals surface area contributed by atoms with Crippen LogP contribution in [0.5, 0.6) is 0 Å². The molecule has 1 N–H and O–H groups in total. The van der Waals surface area contributed by atoms with E-state index < -0.39 is 0 Å². The van der Waals surface area contributed by atoms with E-state index in [4.69, 9.17) is 0 Å². The summed E-state index contributed by atoms with van der Waals surface area (Å²) in [6.45, 7) is 1.56. The van der Waals surface area contributed by atoms with E-state index >= 15 is 0 Å². The molecule has 1 aliphatic carbocycles. The maximum Gasteiger partial charge on any atom is 0.187 e. The fraction of sp³-hybridized carbons (Fsp3) is 0.526. The number of rotatable bonds is 7. The van der Waals surface area contributed by atoms with Gasteiger partial charge in [-0.15, -0.1) is 0 Å². The van der Waals surface area contributed by atoms with E-state index in [0.29, 0.717) is 6.04 Å². The third-order valence-electron chi connectivity index (χ3n) is 4.83. The maximum absolute atomic E-state index is 4.66. The number of nitrogens with zero attached hydrogens (tertiary/aromatic N) is 4. The van der Waals surface area contributed by atoms with Crippen LogP contribution in [0.4, 0.5) is 5.82 Å². The van der Waals surface area contributed by atoms with Crippen molar-refractivity contribution in [1.29, 1.82) is 0 Å². The highest BCUT2D eigenvalue weighted by atomic mass is 32.2. The summed E-state index contributed by atoms with van der Waals surface area (Å²) in [7, 11) is 2.19. The van der Waals surface area contributed by atoms with Crippen LogP contribution < -0.4 is 10.2 Å². The van der Waals surface area contributed by atoms with E-state index in [9.17, 15) is 0 Å². The number of hydrogen-bond donors (Lipinski definition) is 1. The summed E-state index contributed by atoms with van der Waals surface area (Å²) in [5.41, 5.74) is 2.35. The Balaban J connectivity index is 1.60. The molecule has 2 aromatic heterocycles. The second kappa shape index (κ2) is 9.15. The molecule has 0 saturated heterocycles. The standard InChI is InChI=1S/C19H27N5S/c1-24(17-8-4-3-5-9-17)18-16(7-6-10-21-18)14-20-11-15-12-22-19(25-2)23-13-15/h6-7,10,12-13,17,20H,3-5,8-9,11,14H2,1-2H3. The normalized spacial score (nSPS) is 15.3. The number of pyridine rings is 1. The number of hydrogen-bond acceptors (Lipinski definition) is 6. The molecular weight excluding hydrogens is 330 g/mol. The molecule has 0 amide bonds. The fourth-order valence-corrected chi connectivity index (χ4v) is 3.72. The van der Waals surface area contributed by atoms with Crippen molar-refractivity contribution in [3.05, 3.63) is 41.9 Å². The Kier molecular flexibility index (Phi) is 6.64. The number of aromatic nitrogens is 3. The van der Waals surface area contributed by atoms with Gasteiger partial charge in [0.25, 0.3) is 0 Å². The monoisotopic (exact) mass is 357 g/mol. The highest BCUT2D eigenvalue weighted by molar-refractivity contribution is 7.98. The van der Waals surface area contributed by atoms with Gasteiger partial charge in [-0.2, -0.15) is 0 Å². The largest absolute Gasteiger partial charge is 0.356 e. The quantitative estimate of drug-likeness (QED) is 0.603. The van der Waals surface area contributed by atoms with Gasteiger partial charge in [0.2, 0.25) is 0 Å². The van der Waals surface area contributed by atoms with Gasteiger partial charge in [0, 0.05) is 55.9 Å². The molecule has 5 nitrogen and oxygen atoms in total. The molecule has 0 bridgehead atoms. The van der Waals surface area contributed by atoms with Crippen molar-refractivity contribution in [3.63, 3.8) is 0 Å². The van der Waals surface area contributed by atoms with Gasteiger partial charge in [-0.3, -0.25) is 0 Å². The zero-order chi connectivity index (χ0) is 17.5. The first-order valence-corrected chi connectivity index (χ1v) is 10.2. The molecule has 3 rings (SSSR count). The van der Waals surface area contributed by atoms with Crippen molar-refractivity contribution >= 4 is 17.6 Å². The molecule has 1 aliphatic rings. The molecule has 0 radical (unpaired) electrons. The zero-order valence-corrected chi connectivity index (χ0v) is 15.9. The van der Waals surface area contributed by atoms with Gasteiger partial charge >= 0.3 is 0 Å². The van der Waals surface area contributed by atoms with E-state index in [-0.39, 0.29) is 0 Å². The van der Waals surface area contributed by atoms with Crippen LogP contribution in [0.15, 0.2) is 35.9 Å².